The molecule has 0 aliphatic carbocycles. The predicted molar refractivity (Wildman–Crippen MR) is 115 cm³/mol. The van der Waals surface area contributed by atoms with Gasteiger partial charge < -0.3 is 5.32 Å². The minimum atomic E-state index is -1.23. The Hall–Kier alpha value is -3.39. The molecule has 4 amide bonds. The highest BCUT2D eigenvalue weighted by atomic mass is 32.2. The van der Waals surface area contributed by atoms with E-state index < -0.39 is 23.4 Å². The Morgan fingerprint density at radius 3 is 2.60 bits per heavy atom. The van der Waals surface area contributed by atoms with Crippen LogP contribution in [0.4, 0.5) is 4.79 Å². The normalized spacial score (nSPS) is 18.5. The lowest BCUT2D eigenvalue weighted by molar-refractivity contribution is -0.138. The largest absolute Gasteiger partial charge is 0.344 e. The van der Waals surface area contributed by atoms with E-state index in [0.29, 0.717) is 10.6 Å². The maximum atomic E-state index is 12.8. The first-order valence-corrected chi connectivity index (χ1v) is 10.4. The number of urea groups is 1. The second-order valence-corrected chi connectivity index (χ2v) is 8.18. The zero-order valence-electron chi connectivity index (χ0n) is 16.5. The molecule has 0 saturated carbocycles. The lowest BCUT2D eigenvalue weighted by Crippen LogP contribution is -2.48. The summed E-state index contributed by atoms with van der Waals surface area (Å²) >= 11 is 1.25. The number of imide groups is 1. The summed E-state index contributed by atoms with van der Waals surface area (Å²) in [6, 6.07) is 18.0. The quantitative estimate of drug-likeness (QED) is 0.489. The summed E-state index contributed by atoms with van der Waals surface area (Å²) in [5, 5.41) is 5.16. The summed E-state index contributed by atoms with van der Waals surface area (Å²) < 4.78 is 0. The maximum absolute atomic E-state index is 12.8. The number of hydrogen-bond donors (Lipinski definition) is 2. The van der Waals surface area contributed by atoms with Gasteiger partial charge in [-0.3, -0.25) is 15.0 Å². The molecular formula is C22H20N4O3S. The van der Waals surface area contributed by atoms with Crippen LogP contribution in [-0.2, 0) is 15.1 Å². The molecule has 0 bridgehead atoms. The van der Waals surface area contributed by atoms with Crippen molar-refractivity contribution >= 4 is 40.5 Å². The van der Waals surface area contributed by atoms with Crippen LogP contribution in [0.5, 0.6) is 0 Å². The Kier molecular flexibility index (Phi) is 5.17. The van der Waals surface area contributed by atoms with E-state index in [0.717, 1.165) is 21.5 Å². The minimum absolute atomic E-state index is 0.0177. The van der Waals surface area contributed by atoms with Gasteiger partial charge in [0.2, 0.25) is 5.91 Å². The van der Waals surface area contributed by atoms with Crippen molar-refractivity contribution in [3.8, 4) is 0 Å². The van der Waals surface area contributed by atoms with Crippen LogP contribution in [0.1, 0.15) is 18.1 Å². The molecule has 2 heterocycles. The summed E-state index contributed by atoms with van der Waals surface area (Å²) in [5.74, 6) is -0.977. The number of carbonyl (C=O) groups is 3. The average molecular weight is 420 g/mol. The Morgan fingerprint density at radius 1 is 1.13 bits per heavy atom. The van der Waals surface area contributed by atoms with Gasteiger partial charge in [0.05, 0.1) is 16.3 Å². The van der Waals surface area contributed by atoms with Crippen LogP contribution in [0.15, 0.2) is 65.7 Å². The van der Waals surface area contributed by atoms with E-state index in [9.17, 15) is 14.4 Å². The van der Waals surface area contributed by atoms with Crippen LogP contribution < -0.4 is 10.7 Å². The molecule has 152 valence electrons. The van der Waals surface area contributed by atoms with E-state index in [4.69, 9.17) is 0 Å². The molecular weight excluding hydrogens is 400 g/mol. The van der Waals surface area contributed by atoms with E-state index in [1.54, 1.807) is 31.2 Å². The lowest BCUT2D eigenvalue weighted by atomic mass is 9.92. The molecule has 30 heavy (non-hydrogen) atoms. The van der Waals surface area contributed by atoms with Gasteiger partial charge in [-0.25, -0.2) is 9.78 Å². The molecule has 1 unspecified atom stereocenters. The summed E-state index contributed by atoms with van der Waals surface area (Å²) in [7, 11) is 0. The number of amides is 4. The minimum Gasteiger partial charge on any atom is -0.318 e. The van der Waals surface area contributed by atoms with Gasteiger partial charge in [-0.15, -0.1) is 0 Å². The van der Waals surface area contributed by atoms with Crippen molar-refractivity contribution in [1.82, 2.24) is 20.7 Å². The fourth-order valence-corrected chi connectivity index (χ4v) is 4.16. The molecule has 1 aliphatic heterocycles. The third kappa shape index (κ3) is 3.61. The van der Waals surface area contributed by atoms with Crippen molar-refractivity contribution in [3.63, 3.8) is 0 Å². The van der Waals surface area contributed by atoms with Crippen molar-refractivity contribution in [2.45, 2.75) is 24.4 Å². The summed E-state index contributed by atoms with van der Waals surface area (Å²) in [6.45, 7) is 3.61. The van der Waals surface area contributed by atoms with E-state index in [-0.39, 0.29) is 5.75 Å². The first-order valence-electron chi connectivity index (χ1n) is 9.39. The van der Waals surface area contributed by atoms with Crippen molar-refractivity contribution in [2.75, 3.05) is 5.75 Å². The van der Waals surface area contributed by atoms with Crippen LogP contribution in [-0.4, -0.2) is 33.6 Å². The van der Waals surface area contributed by atoms with Crippen LogP contribution in [0.25, 0.3) is 10.9 Å². The molecule has 8 heteroatoms. The van der Waals surface area contributed by atoms with Crippen LogP contribution in [0, 0.1) is 6.92 Å². The second kappa shape index (κ2) is 7.79. The highest BCUT2D eigenvalue weighted by Crippen LogP contribution is 2.28. The number of pyridine rings is 1. The number of nitrogens with zero attached hydrogens (tertiary/aromatic N) is 2. The smallest absolute Gasteiger partial charge is 0.318 e. The Morgan fingerprint density at radius 2 is 1.83 bits per heavy atom. The number of para-hydroxylation sites is 1. The highest BCUT2D eigenvalue weighted by molar-refractivity contribution is 7.99. The van der Waals surface area contributed by atoms with Crippen LogP contribution in [0.3, 0.4) is 0 Å². The number of nitrogens with one attached hydrogen (secondary N) is 2. The van der Waals surface area contributed by atoms with Gasteiger partial charge in [-0.05, 0) is 37.1 Å². The molecule has 1 saturated heterocycles. The monoisotopic (exact) mass is 420 g/mol. The summed E-state index contributed by atoms with van der Waals surface area (Å²) in [4.78, 5) is 42.2. The number of carbonyl (C=O) groups excluding carboxylic acids is 3. The summed E-state index contributed by atoms with van der Waals surface area (Å²) in [6.07, 6.45) is 0. The molecule has 0 radical (unpaired) electrons. The fourth-order valence-electron chi connectivity index (χ4n) is 3.40. The topological polar surface area (TPSA) is 91.4 Å². The number of hydrazine groups is 1. The van der Waals surface area contributed by atoms with Gasteiger partial charge in [-0.2, -0.15) is 5.01 Å². The van der Waals surface area contributed by atoms with Crippen LogP contribution in [0.2, 0.25) is 0 Å². The van der Waals surface area contributed by atoms with Gasteiger partial charge in [0.25, 0.3) is 5.91 Å². The molecule has 1 aromatic heterocycles. The van der Waals surface area contributed by atoms with E-state index in [1.807, 2.05) is 43.3 Å². The van der Waals surface area contributed by atoms with Crippen molar-refractivity contribution in [2.24, 2.45) is 0 Å². The number of benzene rings is 2. The third-order valence-corrected chi connectivity index (χ3v) is 5.94. The number of fused-ring (bicyclic) bond motifs is 1. The highest BCUT2D eigenvalue weighted by Gasteiger charge is 2.49. The van der Waals surface area contributed by atoms with Gasteiger partial charge in [0, 0.05) is 5.39 Å². The first kappa shape index (κ1) is 19.9. The molecule has 3 aromatic rings. The molecule has 7 nitrogen and oxygen atoms in total. The molecule has 2 N–H and O–H groups in total. The van der Waals surface area contributed by atoms with Crippen molar-refractivity contribution in [3.05, 3.63) is 71.8 Å². The number of thioether (sulfide) groups is 1. The number of aryl methyl sites for hydroxylation is 1. The SMILES string of the molecule is Cc1cc(SCC(=O)NN2C(=O)NC(C)(c3ccccc3)C2=O)nc2ccccc12. The zero-order chi connectivity index (χ0) is 21.3. The number of aromatic nitrogens is 1. The predicted octanol–water partition coefficient (Wildman–Crippen LogP) is 3.13. The van der Waals surface area contributed by atoms with Crippen molar-refractivity contribution < 1.29 is 14.4 Å². The second-order valence-electron chi connectivity index (χ2n) is 7.18. The molecule has 4 rings (SSSR count). The maximum Gasteiger partial charge on any atom is 0.344 e. The molecule has 2 aromatic carbocycles. The molecule has 0 spiro atoms. The van der Waals surface area contributed by atoms with E-state index in [2.05, 4.69) is 15.7 Å². The molecule has 1 fully saturated rings. The molecule has 1 atom stereocenters. The first-order chi connectivity index (χ1) is 14.4. The van der Waals surface area contributed by atoms with Gasteiger partial charge in [0.15, 0.2) is 0 Å². The van der Waals surface area contributed by atoms with Gasteiger partial charge in [0.1, 0.15) is 5.54 Å². The van der Waals surface area contributed by atoms with E-state index in [1.165, 1.54) is 11.8 Å². The van der Waals surface area contributed by atoms with Gasteiger partial charge >= 0.3 is 6.03 Å². The van der Waals surface area contributed by atoms with Crippen molar-refractivity contribution in [1.29, 1.82) is 0 Å². The zero-order valence-corrected chi connectivity index (χ0v) is 17.3. The fraction of sp³-hybridized carbons (Fsp3) is 0.182. The average Bonchev–Trinajstić information content (AvgIpc) is 2.97. The Bertz CT molecular complexity index is 1150. The van der Waals surface area contributed by atoms with Gasteiger partial charge in [-0.1, -0.05) is 60.3 Å². The Balaban J connectivity index is 1.43. The lowest BCUT2D eigenvalue weighted by Gasteiger charge is -2.22. The number of rotatable bonds is 5. The van der Waals surface area contributed by atoms with E-state index >= 15 is 0 Å². The summed E-state index contributed by atoms with van der Waals surface area (Å²) in [5.41, 5.74) is 3.75. The third-order valence-electron chi connectivity index (χ3n) is 5.03. The molecule has 1 aliphatic rings. The number of hydrogen-bond acceptors (Lipinski definition) is 5. The van der Waals surface area contributed by atoms with Crippen LogP contribution >= 0.6 is 11.8 Å². The Labute approximate surface area is 177 Å². The standard InChI is InChI=1S/C22H20N4O3S/c1-14-12-19(23-17-11-7-6-10-16(14)17)30-13-18(27)25-26-20(28)22(2,24-21(26)29)15-8-4-3-5-9-15/h3-12H,13H2,1-2H3,(H,24,29)(H,25,27).